The van der Waals surface area contributed by atoms with Crippen LogP contribution in [0.1, 0.15) is 43.2 Å². The molecular weight excluding hydrogens is 372 g/mol. The van der Waals surface area contributed by atoms with E-state index in [0.29, 0.717) is 0 Å². The molecule has 0 aliphatic heterocycles. The van der Waals surface area contributed by atoms with Crippen molar-refractivity contribution in [3.8, 4) is 0 Å². The third-order valence-corrected chi connectivity index (χ3v) is 4.79. The third kappa shape index (κ3) is 6.67. The minimum absolute atomic E-state index is 0.246. The van der Waals surface area contributed by atoms with Crippen LogP contribution in [0.2, 0.25) is 0 Å². The van der Waals surface area contributed by atoms with Gasteiger partial charge in [-0.3, -0.25) is 16.3 Å². The number of hydrogen-bond acceptors (Lipinski definition) is 7. The van der Waals surface area contributed by atoms with Gasteiger partial charge in [-0.2, -0.15) is 0 Å². The minimum atomic E-state index is -1.68. The largest absolute Gasteiger partial charge is 0.446 e. The van der Waals surface area contributed by atoms with Crippen LogP contribution in [0.3, 0.4) is 0 Å². The highest BCUT2D eigenvalue weighted by Gasteiger charge is 2.27. The fourth-order valence-corrected chi connectivity index (χ4v) is 2.75. The molecule has 0 radical (unpaired) electrons. The van der Waals surface area contributed by atoms with E-state index >= 15 is 0 Å². The Hall–Kier alpha value is -2.74. The van der Waals surface area contributed by atoms with E-state index in [-0.39, 0.29) is 11.8 Å². The van der Waals surface area contributed by atoms with E-state index in [1.165, 1.54) is 0 Å². The molecule has 0 aromatic heterocycles. The summed E-state index contributed by atoms with van der Waals surface area (Å²) in [6.07, 6.45) is -4.12. The lowest BCUT2D eigenvalue weighted by molar-refractivity contribution is -0.166. The highest BCUT2D eigenvalue weighted by Crippen LogP contribution is 2.20. The Balaban J connectivity index is 1.83. The molecule has 0 bridgehead atoms. The van der Waals surface area contributed by atoms with Crippen LogP contribution in [-0.4, -0.2) is 35.6 Å². The van der Waals surface area contributed by atoms with Gasteiger partial charge in [0.1, 0.15) is 0 Å². The Morgan fingerprint density at radius 2 is 1.24 bits per heavy atom. The van der Waals surface area contributed by atoms with Gasteiger partial charge in [0.15, 0.2) is 18.6 Å². The van der Waals surface area contributed by atoms with Gasteiger partial charge in [-0.1, -0.05) is 74.5 Å². The summed E-state index contributed by atoms with van der Waals surface area (Å²) in [6, 6.07) is 18.6. The van der Waals surface area contributed by atoms with Gasteiger partial charge >= 0.3 is 11.9 Å². The van der Waals surface area contributed by atoms with Crippen molar-refractivity contribution >= 4 is 11.9 Å². The molecular formula is C22H28N2O5. The number of ether oxygens (including phenoxy) is 2. The molecule has 0 saturated heterocycles. The highest BCUT2D eigenvalue weighted by molar-refractivity contribution is 5.81. The van der Waals surface area contributed by atoms with Gasteiger partial charge in [0.2, 0.25) is 0 Å². The summed E-state index contributed by atoms with van der Waals surface area (Å²) in [5, 5.41) is 9.99. The molecule has 2 rings (SSSR count). The minimum Gasteiger partial charge on any atom is -0.446 e. The molecule has 0 spiro atoms. The summed E-state index contributed by atoms with van der Waals surface area (Å²) in [6.45, 7) is 3.62. The molecule has 7 heteroatoms. The second kappa shape index (κ2) is 10.7. The Kier molecular flexibility index (Phi) is 8.33. The van der Waals surface area contributed by atoms with Gasteiger partial charge in [0, 0.05) is 11.8 Å². The molecule has 0 saturated carbocycles. The zero-order chi connectivity index (χ0) is 21.4. The normalized spacial score (nSPS) is 16.2. The maximum Gasteiger partial charge on any atom is 0.337 e. The van der Waals surface area contributed by atoms with Crippen LogP contribution in [0.4, 0.5) is 0 Å². The number of benzene rings is 2. The van der Waals surface area contributed by atoms with Crippen LogP contribution < -0.4 is 11.5 Å². The topological polar surface area (TPSA) is 125 Å². The summed E-state index contributed by atoms with van der Waals surface area (Å²) in [7, 11) is 0. The highest BCUT2D eigenvalue weighted by atomic mass is 16.6. The average molecular weight is 400 g/mol. The molecule has 2 aromatic carbocycles. The Morgan fingerprint density at radius 1 is 0.828 bits per heavy atom. The average Bonchev–Trinajstić information content (AvgIpc) is 2.73. The molecule has 0 aliphatic rings. The smallest absolute Gasteiger partial charge is 0.337 e. The van der Waals surface area contributed by atoms with Crippen LogP contribution in [0.5, 0.6) is 0 Å². The SMILES string of the molecule is C[C@H](c1ccccc1)C(N)OC(=O)CC(O)C(=O)OC(N)[C@H](C)c1ccccc1. The maximum atomic E-state index is 12.1. The molecule has 5 atom stereocenters. The summed E-state index contributed by atoms with van der Waals surface area (Å²) in [4.78, 5) is 24.1. The van der Waals surface area contributed by atoms with Gasteiger partial charge in [0.05, 0.1) is 6.42 Å². The van der Waals surface area contributed by atoms with E-state index in [2.05, 4.69) is 0 Å². The number of nitrogens with two attached hydrogens (primary N) is 2. The van der Waals surface area contributed by atoms with Gasteiger partial charge in [-0.25, -0.2) is 4.79 Å². The van der Waals surface area contributed by atoms with Gasteiger partial charge in [-0.15, -0.1) is 0 Å². The van der Waals surface area contributed by atoms with Crippen LogP contribution in [0, 0.1) is 0 Å². The van der Waals surface area contributed by atoms with Crippen molar-refractivity contribution in [1.82, 2.24) is 0 Å². The molecule has 0 heterocycles. The molecule has 3 unspecified atom stereocenters. The van der Waals surface area contributed by atoms with Crippen LogP contribution in [0.25, 0.3) is 0 Å². The number of aliphatic hydroxyl groups is 1. The number of esters is 2. The van der Waals surface area contributed by atoms with E-state index in [4.69, 9.17) is 20.9 Å². The Bertz CT molecular complexity index is 784. The quantitative estimate of drug-likeness (QED) is 0.434. The molecule has 156 valence electrons. The second-order valence-corrected chi connectivity index (χ2v) is 6.97. The van der Waals surface area contributed by atoms with E-state index in [1.807, 2.05) is 67.6 Å². The van der Waals surface area contributed by atoms with E-state index < -0.39 is 36.9 Å². The zero-order valence-corrected chi connectivity index (χ0v) is 16.6. The number of rotatable bonds is 9. The Morgan fingerprint density at radius 3 is 1.69 bits per heavy atom. The predicted molar refractivity (Wildman–Crippen MR) is 108 cm³/mol. The first-order valence-corrected chi connectivity index (χ1v) is 9.48. The van der Waals surface area contributed by atoms with Crippen molar-refractivity contribution in [2.75, 3.05) is 0 Å². The number of carbonyl (C=O) groups is 2. The van der Waals surface area contributed by atoms with Crippen molar-refractivity contribution < 1.29 is 24.2 Å². The van der Waals surface area contributed by atoms with Gasteiger partial charge < -0.3 is 14.6 Å². The van der Waals surface area contributed by atoms with E-state index in [9.17, 15) is 14.7 Å². The molecule has 2 aromatic rings. The third-order valence-electron chi connectivity index (χ3n) is 4.79. The van der Waals surface area contributed by atoms with E-state index in [0.717, 1.165) is 11.1 Å². The van der Waals surface area contributed by atoms with Crippen molar-refractivity contribution in [1.29, 1.82) is 0 Å². The van der Waals surface area contributed by atoms with Crippen molar-refractivity contribution in [3.63, 3.8) is 0 Å². The number of aliphatic hydroxyl groups excluding tert-OH is 1. The molecule has 0 fully saturated rings. The first kappa shape index (κ1) is 22.5. The Labute approximate surface area is 170 Å². The summed E-state index contributed by atoms with van der Waals surface area (Å²) < 4.78 is 10.2. The maximum absolute atomic E-state index is 12.1. The van der Waals surface area contributed by atoms with Crippen molar-refractivity contribution in [3.05, 3.63) is 71.8 Å². The summed E-state index contributed by atoms with van der Waals surface area (Å²) in [5.41, 5.74) is 13.6. The second-order valence-electron chi connectivity index (χ2n) is 6.97. The lowest BCUT2D eigenvalue weighted by Gasteiger charge is -2.23. The molecule has 0 amide bonds. The van der Waals surface area contributed by atoms with E-state index in [1.54, 1.807) is 6.92 Å². The molecule has 29 heavy (non-hydrogen) atoms. The fraction of sp³-hybridized carbons (Fsp3) is 0.364. The molecule has 7 nitrogen and oxygen atoms in total. The van der Waals surface area contributed by atoms with Gasteiger partial charge in [0.25, 0.3) is 0 Å². The van der Waals surface area contributed by atoms with Gasteiger partial charge in [-0.05, 0) is 11.1 Å². The van der Waals surface area contributed by atoms with Crippen LogP contribution >= 0.6 is 0 Å². The lowest BCUT2D eigenvalue weighted by Crippen LogP contribution is -2.38. The van der Waals surface area contributed by atoms with Crippen LogP contribution in [-0.2, 0) is 19.1 Å². The first-order valence-electron chi connectivity index (χ1n) is 9.48. The fourth-order valence-electron chi connectivity index (χ4n) is 2.75. The van der Waals surface area contributed by atoms with Crippen LogP contribution in [0.15, 0.2) is 60.7 Å². The van der Waals surface area contributed by atoms with Crippen molar-refractivity contribution in [2.24, 2.45) is 11.5 Å². The number of carbonyl (C=O) groups excluding carboxylic acids is 2. The molecule has 5 N–H and O–H groups in total. The lowest BCUT2D eigenvalue weighted by atomic mass is 10.00. The van der Waals surface area contributed by atoms with Crippen molar-refractivity contribution in [2.45, 2.75) is 50.7 Å². The summed E-state index contributed by atoms with van der Waals surface area (Å²) in [5.74, 6) is -2.31. The standard InChI is InChI=1S/C22H28N2O5/c1-14(16-9-5-3-6-10-16)20(23)28-19(26)13-18(25)22(27)29-21(24)15(2)17-11-7-4-8-12-17/h3-12,14-15,18,20-21,25H,13,23-24H2,1-2H3/t14-,15-,18?,20?,21?/m1/s1. The predicted octanol–water partition coefficient (Wildman–Crippen LogP) is 2.00. The molecule has 0 aliphatic carbocycles. The zero-order valence-electron chi connectivity index (χ0n) is 16.6. The number of hydrogen-bond donors (Lipinski definition) is 3. The monoisotopic (exact) mass is 400 g/mol. The first-order chi connectivity index (χ1) is 13.8. The summed E-state index contributed by atoms with van der Waals surface area (Å²) >= 11 is 0.